The van der Waals surface area contributed by atoms with E-state index in [1.165, 1.54) is 12.1 Å². The maximum atomic E-state index is 12.0. The monoisotopic (exact) mass is 317 g/mol. The minimum Gasteiger partial charge on any atom is -0.478 e. The molecule has 1 fully saturated rings. The molecule has 0 aromatic heterocycles. The van der Waals surface area contributed by atoms with Crippen molar-refractivity contribution in [1.29, 1.82) is 0 Å². The molecule has 1 saturated heterocycles. The predicted octanol–water partition coefficient (Wildman–Crippen LogP) is 2.26. The smallest absolute Gasteiger partial charge is 0.335 e. The summed E-state index contributed by atoms with van der Waals surface area (Å²) in [5, 5.41) is 11.6. The van der Waals surface area contributed by atoms with Gasteiger partial charge >= 0.3 is 12.0 Å². The summed E-state index contributed by atoms with van der Waals surface area (Å²) >= 11 is 11.9. The highest BCUT2D eigenvalue weighted by Gasteiger charge is 2.24. The lowest BCUT2D eigenvalue weighted by Gasteiger charge is -2.18. The summed E-state index contributed by atoms with van der Waals surface area (Å²) in [7, 11) is 0. The second-order valence-electron chi connectivity index (χ2n) is 4.54. The van der Waals surface area contributed by atoms with Gasteiger partial charge in [-0.25, -0.2) is 9.59 Å². The van der Waals surface area contributed by atoms with Crippen molar-refractivity contribution >= 4 is 40.9 Å². The number of rotatable bonds is 2. The molecule has 0 saturated carbocycles. The largest absolute Gasteiger partial charge is 0.478 e. The zero-order valence-electron chi connectivity index (χ0n) is 10.4. The lowest BCUT2D eigenvalue weighted by molar-refractivity contribution is 0.0697. The van der Waals surface area contributed by atoms with Gasteiger partial charge in [0, 0.05) is 19.1 Å². The van der Waals surface area contributed by atoms with E-state index in [1.807, 2.05) is 0 Å². The van der Waals surface area contributed by atoms with Gasteiger partial charge in [0.1, 0.15) is 0 Å². The van der Waals surface area contributed by atoms with E-state index in [9.17, 15) is 9.59 Å². The number of hydrogen-bond acceptors (Lipinski definition) is 3. The lowest BCUT2D eigenvalue weighted by atomic mass is 10.2. The summed E-state index contributed by atoms with van der Waals surface area (Å²) in [6.07, 6.45) is 0.743. The topological polar surface area (TPSA) is 95.7 Å². The first-order chi connectivity index (χ1) is 9.38. The van der Waals surface area contributed by atoms with E-state index in [0.29, 0.717) is 13.1 Å². The first-order valence-corrected chi connectivity index (χ1v) is 6.68. The highest BCUT2D eigenvalue weighted by molar-refractivity contribution is 6.40. The van der Waals surface area contributed by atoms with E-state index in [1.54, 1.807) is 4.90 Å². The van der Waals surface area contributed by atoms with Crippen molar-refractivity contribution in [2.24, 2.45) is 5.73 Å². The highest BCUT2D eigenvalue weighted by atomic mass is 35.5. The molecule has 2 rings (SSSR count). The van der Waals surface area contributed by atoms with Crippen molar-refractivity contribution in [1.82, 2.24) is 4.90 Å². The number of aromatic carboxylic acids is 1. The Morgan fingerprint density at radius 3 is 2.40 bits per heavy atom. The summed E-state index contributed by atoms with van der Waals surface area (Å²) in [6, 6.07) is 2.09. The molecule has 2 amide bonds. The van der Waals surface area contributed by atoms with Crippen LogP contribution < -0.4 is 11.1 Å². The number of halogens is 2. The number of carboxylic acids is 1. The van der Waals surface area contributed by atoms with Gasteiger partial charge in [0.05, 0.1) is 21.3 Å². The molecule has 20 heavy (non-hydrogen) atoms. The summed E-state index contributed by atoms with van der Waals surface area (Å²) in [5.74, 6) is -1.14. The molecule has 1 aromatic carbocycles. The third-order valence-corrected chi connectivity index (χ3v) is 3.63. The third kappa shape index (κ3) is 3.15. The van der Waals surface area contributed by atoms with E-state index >= 15 is 0 Å². The second-order valence-corrected chi connectivity index (χ2v) is 5.36. The molecule has 1 unspecified atom stereocenters. The number of nitrogens with zero attached hydrogens (tertiary/aromatic N) is 1. The van der Waals surface area contributed by atoms with Crippen LogP contribution in [-0.2, 0) is 0 Å². The summed E-state index contributed by atoms with van der Waals surface area (Å²) in [4.78, 5) is 24.4. The zero-order chi connectivity index (χ0) is 14.9. The minimum atomic E-state index is -1.14. The highest BCUT2D eigenvalue weighted by Crippen LogP contribution is 2.32. The van der Waals surface area contributed by atoms with Gasteiger partial charge in [-0.15, -0.1) is 0 Å². The van der Waals surface area contributed by atoms with Crippen LogP contribution in [0.2, 0.25) is 10.0 Å². The fourth-order valence-corrected chi connectivity index (χ4v) is 2.56. The fourth-order valence-electron chi connectivity index (χ4n) is 1.97. The van der Waals surface area contributed by atoms with Gasteiger partial charge in [-0.2, -0.15) is 0 Å². The number of carboxylic acid groups (broad SMARTS) is 1. The van der Waals surface area contributed by atoms with E-state index in [-0.39, 0.29) is 33.4 Å². The maximum absolute atomic E-state index is 12.0. The maximum Gasteiger partial charge on any atom is 0.335 e. The molecule has 1 aromatic rings. The van der Waals surface area contributed by atoms with Crippen LogP contribution in [0.25, 0.3) is 0 Å². The zero-order valence-corrected chi connectivity index (χ0v) is 11.9. The number of likely N-dealkylation sites (tertiary alicyclic amines) is 1. The Morgan fingerprint density at radius 1 is 1.35 bits per heavy atom. The number of carbonyl (C=O) groups excluding carboxylic acids is 1. The molecule has 0 radical (unpaired) electrons. The Balaban J connectivity index is 2.17. The predicted molar refractivity (Wildman–Crippen MR) is 76.6 cm³/mol. The third-order valence-electron chi connectivity index (χ3n) is 3.03. The summed E-state index contributed by atoms with van der Waals surface area (Å²) < 4.78 is 0. The normalized spacial score (nSPS) is 18.1. The van der Waals surface area contributed by atoms with E-state index in [4.69, 9.17) is 34.0 Å². The van der Waals surface area contributed by atoms with Crippen LogP contribution in [0, 0.1) is 0 Å². The molecule has 0 bridgehead atoms. The fraction of sp³-hybridized carbons (Fsp3) is 0.333. The molecule has 0 aliphatic carbocycles. The van der Waals surface area contributed by atoms with Crippen LogP contribution in [0.5, 0.6) is 0 Å². The number of hydrogen-bond donors (Lipinski definition) is 3. The van der Waals surface area contributed by atoms with E-state index in [2.05, 4.69) is 5.32 Å². The number of amides is 2. The SMILES string of the molecule is NC1CCN(C(=O)Nc2c(Cl)cc(C(=O)O)cc2Cl)C1. The summed E-state index contributed by atoms with van der Waals surface area (Å²) in [6.45, 7) is 1.03. The average molecular weight is 318 g/mol. The van der Waals surface area contributed by atoms with E-state index < -0.39 is 5.97 Å². The first-order valence-electron chi connectivity index (χ1n) is 5.92. The molecule has 1 aliphatic rings. The van der Waals surface area contributed by atoms with Crippen molar-refractivity contribution in [3.05, 3.63) is 27.7 Å². The molecule has 108 valence electrons. The van der Waals surface area contributed by atoms with Crippen molar-refractivity contribution < 1.29 is 14.7 Å². The molecular weight excluding hydrogens is 305 g/mol. The van der Waals surface area contributed by atoms with Gasteiger partial charge in [-0.3, -0.25) is 0 Å². The summed E-state index contributed by atoms with van der Waals surface area (Å²) in [5.41, 5.74) is 5.89. The Morgan fingerprint density at radius 2 is 1.95 bits per heavy atom. The number of nitrogens with one attached hydrogen (secondary N) is 1. The van der Waals surface area contributed by atoms with Crippen LogP contribution in [0.15, 0.2) is 12.1 Å². The van der Waals surface area contributed by atoms with Crippen LogP contribution in [0.1, 0.15) is 16.8 Å². The molecular formula is C12H13Cl2N3O3. The Bertz CT molecular complexity index is 542. The Labute approximate surface area is 125 Å². The number of carbonyl (C=O) groups is 2. The molecule has 1 atom stereocenters. The van der Waals surface area contributed by atoms with E-state index in [0.717, 1.165) is 6.42 Å². The molecule has 0 spiro atoms. The quantitative estimate of drug-likeness (QED) is 0.779. The minimum absolute atomic E-state index is 0.0268. The van der Waals surface area contributed by atoms with Gasteiger partial charge in [0.15, 0.2) is 0 Å². The number of benzene rings is 1. The van der Waals surface area contributed by atoms with Crippen LogP contribution in [0.4, 0.5) is 10.5 Å². The van der Waals surface area contributed by atoms with Gasteiger partial charge in [0.25, 0.3) is 0 Å². The lowest BCUT2D eigenvalue weighted by Crippen LogP contribution is -2.35. The van der Waals surface area contributed by atoms with Crippen LogP contribution in [-0.4, -0.2) is 41.1 Å². The van der Waals surface area contributed by atoms with Crippen molar-refractivity contribution in [3.8, 4) is 0 Å². The van der Waals surface area contributed by atoms with Gasteiger partial charge in [0.2, 0.25) is 0 Å². The Hall–Kier alpha value is -1.50. The van der Waals surface area contributed by atoms with Gasteiger partial charge in [-0.1, -0.05) is 23.2 Å². The second kappa shape index (κ2) is 5.87. The number of nitrogens with two attached hydrogens (primary N) is 1. The van der Waals surface area contributed by atoms with Gasteiger partial charge < -0.3 is 21.1 Å². The van der Waals surface area contributed by atoms with Crippen LogP contribution >= 0.6 is 23.2 Å². The standard InChI is InChI=1S/C12H13Cl2N3O3/c13-8-3-6(11(18)19)4-9(14)10(8)16-12(20)17-2-1-7(15)5-17/h3-4,7H,1-2,5,15H2,(H,16,20)(H,18,19). The molecule has 1 aliphatic heterocycles. The van der Waals surface area contributed by atoms with Crippen molar-refractivity contribution in [2.45, 2.75) is 12.5 Å². The number of urea groups is 1. The average Bonchev–Trinajstić information content (AvgIpc) is 2.80. The molecule has 6 nitrogen and oxygen atoms in total. The van der Waals surface area contributed by atoms with Crippen molar-refractivity contribution in [2.75, 3.05) is 18.4 Å². The van der Waals surface area contributed by atoms with Crippen LogP contribution in [0.3, 0.4) is 0 Å². The number of anilines is 1. The molecule has 4 N–H and O–H groups in total. The molecule has 8 heteroatoms. The van der Waals surface area contributed by atoms with Crippen molar-refractivity contribution in [3.63, 3.8) is 0 Å². The molecule has 1 heterocycles. The Kier molecular flexibility index (Phi) is 4.37. The van der Waals surface area contributed by atoms with Gasteiger partial charge in [-0.05, 0) is 18.6 Å². The first kappa shape index (κ1) is 14.9.